The number of esters is 1. The molecule has 5 rings (SSSR count). The molecule has 0 aromatic rings. The van der Waals surface area contributed by atoms with Crippen LogP contribution in [0.25, 0.3) is 0 Å². The first-order chi connectivity index (χ1) is 11.1. The summed E-state index contributed by atoms with van der Waals surface area (Å²) in [5.74, 6) is 3.29. The first-order valence-corrected chi connectivity index (χ1v) is 11.6. The van der Waals surface area contributed by atoms with Gasteiger partial charge in [0.2, 0.25) is 0 Å². The second kappa shape index (κ2) is 6.01. The zero-order valence-corrected chi connectivity index (χ0v) is 15.9. The molecule has 0 aromatic heterocycles. The monoisotopic (exact) mass is 336 g/mol. The van der Waals surface area contributed by atoms with Gasteiger partial charge in [-0.2, -0.15) is 0 Å². The number of hydrogen-bond donors (Lipinski definition) is 0. The second-order valence-corrected chi connectivity index (χ2v) is 10.3. The van der Waals surface area contributed by atoms with E-state index >= 15 is 0 Å². The zero-order valence-electron chi connectivity index (χ0n) is 14.9. The van der Waals surface area contributed by atoms with E-state index in [9.17, 15) is 4.79 Å². The number of hydrogen-bond acceptors (Lipinski definition) is 2. The highest BCUT2D eigenvalue weighted by molar-refractivity contribution is 7.38. The minimum atomic E-state index is -0.114. The van der Waals surface area contributed by atoms with Crippen molar-refractivity contribution < 1.29 is 9.53 Å². The number of ether oxygens (including phenoxy) is 1. The molecule has 0 aromatic carbocycles. The summed E-state index contributed by atoms with van der Waals surface area (Å²) in [5, 5.41) is 0. The topological polar surface area (TPSA) is 26.3 Å². The predicted octanol–water partition coefficient (Wildman–Crippen LogP) is 5.00. The number of carbonyl (C=O) groups excluding carboxylic acids is 1. The number of carbonyl (C=O) groups is 1. The van der Waals surface area contributed by atoms with E-state index in [0.717, 1.165) is 11.8 Å². The van der Waals surface area contributed by atoms with Crippen molar-refractivity contribution in [2.75, 3.05) is 12.8 Å². The molecule has 0 radical (unpaired) electrons. The largest absolute Gasteiger partial charge is 0.458 e. The van der Waals surface area contributed by atoms with Gasteiger partial charge in [-0.05, 0) is 63.4 Å². The number of rotatable bonds is 4. The van der Waals surface area contributed by atoms with Gasteiger partial charge in [0.1, 0.15) is 5.60 Å². The maximum atomic E-state index is 12.6. The molecule has 5 aliphatic rings. The van der Waals surface area contributed by atoms with Crippen molar-refractivity contribution in [2.24, 2.45) is 29.1 Å². The average Bonchev–Trinajstić information content (AvgIpc) is 2.51. The molecule has 1 unspecified atom stereocenters. The molecule has 5 fully saturated rings. The van der Waals surface area contributed by atoms with Gasteiger partial charge in [0.05, 0.1) is 6.16 Å². The van der Waals surface area contributed by atoms with E-state index in [1.54, 1.807) is 0 Å². The highest BCUT2D eigenvalue weighted by Gasteiger charge is 2.66. The fourth-order valence-corrected chi connectivity index (χ4v) is 7.61. The lowest BCUT2D eigenvalue weighted by Crippen LogP contribution is -2.67. The van der Waals surface area contributed by atoms with Crippen LogP contribution in [0, 0.1) is 29.1 Å². The van der Waals surface area contributed by atoms with Gasteiger partial charge in [0.15, 0.2) is 0 Å². The van der Waals surface area contributed by atoms with Crippen LogP contribution in [0.3, 0.4) is 0 Å². The molecule has 2 nitrogen and oxygen atoms in total. The summed E-state index contributed by atoms with van der Waals surface area (Å²) in [7, 11) is 0.677. The molecule has 5 aliphatic carbocycles. The normalized spacial score (nSPS) is 44.8. The maximum absolute atomic E-state index is 12.6. The average molecular weight is 336 g/mol. The Morgan fingerprint density at radius 3 is 2.09 bits per heavy atom. The van der Waals surface area contributed by atoms with Gasteiger partial charge in [-0.1, -0.05) is 26.2 Å². The van der Waals surface area contributed by atoms with Crippen LogP contribution in [-0.2, 0) is 9.53 Å². The predicted molar refractivity (Wildman–Crippen MR) is 96.2 cm³/mol. The molecule has 5 saturated carbocycles. The fraction of sp³-hybridized carbons (Fsp3) is 0.950. The molecule has 23 heavy (non-hydrogen) atoms. The lowest BCUT2D eigenvalue weighted by atomic mass is 9.42. The first kappa shape index (κ1) is 16.4. The van der Waals surface area contributed by atoms with Crippen molar-refractivity contribution >= 4 is 14.6 Å². The molecule has 0 amide bonds. The van der Waals surface area contributed by atoms with E-state index in [2.05, 4.69) is 13.6 Å². The Balaban J connectivity index is 1.70. The summed E-state index contributed by atoms with van der Waals surface area (Å²) in [6.45, 7) is 4.60. The summed E-state index contributed by atoms with van der Waals surface area (Å²) in [6, 6.07) is 0. The Morgan fingerprint density at radius 2 is 1.57 bits per heavy atom. The van der Waals surface area contributed by atoms with Crippen molar-refractivity contribution in [3.63, 3.8) is 0 Å². The van der Waals surface area contributed by atoms with Crippen LogP contribution in [0.5, 0.6) is 0 Å². The molecular formula is C20H33O2P. The molecule has 4 bridgehead atoms. The van der Waals surface area contributed by atoms with Gasteiger partial charge in [0.25, 0.3) is 0 Å². The van der Waals surface area contributed by atoms with Crippen molar-refractivity contribution in [2.45, 2.75) is 76.7 Å². The van der Waals surface area contributed by atoms with Crippen molar-refractivity contribution in [1.29, 1.82) is 0 Å². The van der Waals surface area contributed by atoms with E-state index in [4.69, 9.17) is 4.74 Å². The van der Waals surface area contributed by atoms with Crippen LogP contribution in [0.15, 0.2) is 0 Å². The molecule has 130 valence electrons. The van der Waals surface area contributed by atoms with Gasteiger partial charge in [-0.25, -0.2) is 0 Å². The summed E-state index contributed by atoms with van der Waals surface area (Å²) in [5.41, 5.74) is 0.123. The molecule has 0 aliphatic heterocycles. The van der Waals surface area contributed by atoms with E-state index in [1.165, 1.54) is 64.2 Å². The highest BCUT2D eigenvalue weighted by Crippen LogP contribution is 2.67. The van der Waals surface area contributed by atoms with E-state index < -0.39 is 0 Å². The summed E-state index contributed by atoms with van der Waals surface area (Å²) in [6.07, 6.45) is 14.0. The third-order valence-corrected chi connectivity index (χ3v) is 8.50. The van der Waals surface area contributed by atoms with E-state index in [1.807, 2.05) is 0 Å². The van der Waals surface area contributed by atoms with Gasteiger partial charge < -0.3 is 4.74 Å². The highest BCUT2D eigenvalue weighted by atomic mass is 31.1. The molecular weight excluding hydrogens is 303 g/mol. The molecule has 0 heterocycles. The van der Waals surface area contributed by atoms with Gasteiger partial charge in [-0.3, -0.25) is 4.79 Å². The van der Waals surface area contributed by atoms with Crippen LogP contribution < -0.4 is 0 Å². The quantitative estimate of drug-likeness (QED) is 0.533. The van der Waals surface area contributed by atoms with Gasteiger partial charge >= 0.3 is 5.97 Å². The van der Waals surface area contributed by atoms with E-state index in [0.29, 0.717) is 26.6 Å². The minimum absolute atomic E-state index is 0.102. The summed E-state index contributed by atoms with van der Waals surface area (Å²) in [4.78, 5) is 12.6. The van der Waals surface area contributed by atoms with Crippen LogP contribution >= 0.6 is 8.58 Å². The Labute approximate surface area is 143 Å². The lowest BCUT2D eigenvalue weighted by molar-refractivity contribution is -0.255. The van der Waals surface area contributed by atoms with Crippen molar-refractivity contribution in [3.05, 3.63) is 0 Å². The molecule has 1 atom stereocenters. The zero-order chi connectivity index (χ0) is 16.1. The van der Waals surface area contributed by atoms with E-state index in [-0.39, 0.29) is 17.0 Å². The van der Waals surface area contributed by atoms with Gasteiger partial charge in [0, 0.05) is 17.3 Å². The van der Waals surface area contributed by atoms with Crippen LogP contribution in [-0.4, -0.2) is 24.4 Å². The smallest absolute Gasteiger partial charge is 0.310 e. The first-order valence-electron chi connectivity index (χ1n) is 9.94. The minimum Gasteiger partial charge on any atom is -0.458 e. The maximum Gasteiger partial charge on any atom is 0.310 e. The molecule has 0 N–H and O–H groups in total. The Hall–Kier alpha value is -0.100. The van der Waals surface area contributed by atoms with Crippen LogP contribution in [0.2, 0.25) is 0 Å². The summed E-state index contributed by atoms with van der Waals surface area (Å²) < 4.78 is 6.57. The lowest BCUT2D eigenvalue weighted by Gasteiger charge is -2.66. The molecule has 0 spiro atoms. The third-order valence-electron chi connectivity index (χ3n) is 7.86. The van der Waals surface area contributed by atoms with Crippen molar-refractivity contribution in [1.82, 2.24) is 0 Å². The second-order valence-electron chi connectivity index (χ2n) is 9.22. The third kappa shape index (κ3) is 2.50. The molecule has 0 saturated heterocycles. The molecule has 3 heteroatoms. The van der Waals surface area contributed by atoms with Gasteiger partial charge in [-0.15, -0.1) is 8.58 Å². The Bertz CT molecular complexity index is 438. The van der Waals surface area contributed by atoms with Crippen LogP contribution in [0.1, 0.15) is 71.1 Å². The summed E-state index contributed by atoms with van der Waals surface area (Å²) >= 11 is 0. The Morgan fingerprint density at radius 1 is 1.00 bits per heavy atom. The fourth-order valence-electron chi connectivity index (χ4n) is 7.25. The SMILES string of the molecule is CPCC(=O)OC1(C2(C)CCCCC2)C2CC3CC(C2)CC1C3. The Kier molecular flexibility index (Phi) is 4.28. The standard InChI is InChI=1S/C20H33O2P/c1-19(6-4-3-5-7-19)20(22-18(21)13-23-2)16-9-14-8-15(11-16)12-17(20)10-14/h14-17,23H,3-13H2,1-2H3. The van der Waals surface area contributed by atoms with Crippen molar-refractivity contribution in [3.8, 4) is 0 Å². The van der Waals surface area contributed by atoms with Crippen LogP contribution in [0.4, 0.5) is 0 Å².